The summed E-state index contributed by atoms with van der Waals surface area (Å²) in [5.41, 5.74) is 1.43. The summed E-state index contributed by atoms with van der Waals surface area (Å²) in [6.07, 6.45) is 3.19. The molecule has 0 aromatic heterocycles. The van der Waals surface area contributed by atoms with Gasteiger partial charge in [-0.1, -0.05) is 80.7 Å². The van der Waals surface area contributed by atoms with Gasteiger partial charge in [0.25, 0.3) is 5.91 Å². The van der Waals surface area contributed by atoms with Crippen molar-refractivity contribution in [2.24, 2.45) is 22.4 Å². The van der Waals surface area contributed by atoms with Crippen LogP contribution in [0.3, 0.4) is 0 Å². The number of carbonyl (C=O) groups excluding carboxylic acids is 5. The Kier molecular flexibility index (Phi) is 10.4. The fourth-order valence-electron chi connectivity index (χ4n) is 7.53. The summed E-state index contributed by atoms with van der Waals surface area (Å²) in [6, 6.07) is 10.4. The summed E-state index contributed by atoms with van der Waals surface area (Å²) in [6.45, 7) is 7.49. The molecule has 3 fully saturated rings. The number of likely N-dealkylation sites (N-methyl/N-ethyl adjacent to an activating group) is 1. The number of Topliss-reactive ketones (excluding diaryl/α,β-unsaturated/α-hetero) is 1. The first kappa shape index (κ1) is 37.3. The molecule has 0 bridgehead atoms. The second-order valence-corrected chi connectivity index (χ2v) is 16.2. The molecule has 2 aromatic rings. The number of hydrogen-bond donors (Lipinski definition) is 3. The van der Waals surface area contributed by atoms with E-state index < -0.39 is 52.6 Å². The molecule has 4 aliphatic rings. The van der Waals surface area contributed by atoms with Gasteiger partial charge in [0, 0.05) is 31.4 Å². The zero-order valence-electron chi connectivity index (χ0n) is 30.6. The van der Waals surface area contributed by atoms with Crippen LogP contribution in [0.25, 0.3) is 0 Å². The van der Waals surface area contributed by atoms with E-state index in [1.165, 1.54) is 11.9 Å². The van der Waals surface area contributed by atoms with E-state index in [2.05, 4.69) is 21.1 Å². The summed E-state index contributed by atoms with van der Waals surface area (Å²) >= 11 is 6.51. The Morgan fingerprint density at radius 2 is 1.79 bits per heavy atom. The highest BCUT2D eigenvalue weighted by Crippen LogP contribution is 2.48. The van der Waals surface area contributed by atoms with Crippen LogP contribution in [0.4, 0.5) is 0 Å². The van der Waals surface area contributed by atoms with E-state index >= 15 is 0 Å². The lowest BCUT2D eigenvalue weighted by Gasteiger charge is -2.35. The Bertz CT molecular complexity index is 1770. The number of benzene rings is 2. The number of rotatable bonds is 12. The molecule has 2 saturated carbocycles. The van der Waals surface area contributed by atoms with E-state index in [9.17, 15) is 24.0 Å². The molecular formula is C39H48ClN5O7. The van der Waals surface area contributed by atoms with Crippen molar-refractivity contribution in [3.8, 4) is 5.75 Å². The minimum atomic E-state index is -1.07. The lowest BCUT2D eigenvalue weighted by Crippen LogP contribution is -2.59. The number of halogens is 1. The highest BCUT2D eigenvalue weighted by atomic mass is 35.5. The number of carbonyl (C=O) groups is 5. The van der Waals surface area contributed by atoms with Crippen LogP contribution in [0.2, 0.25) is 5.02 Å². The number of nitrogens with one attached hydrogen (secondary N) is 3. The number of methoxy groups -OCH3 is 1. The van der Waals surface area contributed by atoms with Crippen LogP contribution in [-0.4, -0.2) is 84.5 Å². The summed E-state index contributed by atoms with van der Waals surface area (Å²) in [7, 11) is 2.92. The van der Waals surface area contributed by atoms with Crippen molar-refractivity contribution in [1.29, 1.82) is 0 Å². The number of hydrogen-bond acceptors (Lipinski definition) is 8. The molecule has 2 heterocycles. The van der Waals surface area contributed by atoms with Crippen LogP contribution in [0.5, 0.6) is 5.75 Å². The Morgan fingerprint density at radius 3 is 2.40 bits per heavy atom. The Labute approximate surface area is 309 Å². The average molecular weight is 734 g/mol. The van der Waals surface area contributed by atoms with Gasteiger partial charge in [0.15, 0.2) is 5.60 Å². The average Bonchev–Trinajstić information content (AvgIpc) is 4.03. The SMILES string of the molecule is CNC(=O)C(=O)[C@H](CC1CC1)NC(=O)[C@@H]1C[C@]2(CC(c3cc(C)c(OC)c(Cl)c3)=NO2)CN1C(=O)[C@@H](NC(=O)[C@@H]1C[C@H]1c1ccccc1)C(C)(C)C. The van der Waals surface area contributed by atoms with Gasteiger partial charge in [-0.15, -0.1) is 0 Å². The minimum Gasteiger partial charge on any atom is -0.495 e. The largest absolute Gasteiger partial charge is 0.495 e. The molecule has 0 unspecified atom stereocenters. The molecule has 2 aliphatic heterocycles. The van der Waals surface area contributed by atoms with Gasteiger partial charge in [0.2, 0.25) is 23.5 Å². The zero-order chi connectivity index (χ0) is 37.5. The number of nitrogens with zero attached hydrogens (tertiary/aromatic N) is 2. The molecule has 3 N–H and O–H groups in total. The maximum Gasteiger partial charge on any atom is 0.289 e. The van der Waals surface area contributed by atoms with Crippen LogP contribution >= 0.6 is 11.6 Å². The van der Waals surface area contributed by atoms with Crippen molar-refractivity contribution in [2.75, 3.05) is 20.7 Å². The van der Waals surface area contributed by atoms with Crippen molar-refractivity contribution < 1.29 is 33.5 Å². The molecule has 6 atom stereocenters. The van der Waals surface area contributed by atoms with Crippen molar-refractivity contribution in [1.82, 2.24) is 20.9 Å². The molecule has 1 spiro atoms. The Morgan fingerprint density at radius 1 is 1.08 bits per heavy atom. The molecule has 2 aromatic carbocycles. The van der Waals surface area contributed by atoms with Gasteiger partial charge in [-0.25, -0.2) is 0 Å². The van der Waals surface area contributed by atoms with Crippen molar-refractivity contribution in [2.45, 2.75) is 95.9 Å². The number of amides is 4. The molecule has 0 radical (unpaired) electrons. The number of aryl methyl sites for hydroxylation is 1. The van der Waals surface area contributed by atoms with Gasteiger partial charge in [-0.3, -0.25) is 24.0 Å². The lowest BCUT2D eigenvalue weighted by atomic mass is 9.85. The van der Waals surface area contributed by atoms with Crippen molar-refractivity contribution >= 4 is 46.7 Å². The number of likely N-dealkylation sites (tertiary alicyclic amines) is 1. The first-order chi connectivity index (χ1) is 24.6. The van der Waals surface area contributed by atoms with E-state index in [1.54, 1.807) is 13.2 Å². The minimum absolute atomic E-state index is 0.00892. The zero-order valence-corrected chi connectivity index (χ0v) is 31.3. The Balaban J connectivity index is 1.27. The smallest absolute Gasteiger partial charge is 0.289 e. The number of ether oxygens (including phenoxy) is 1. The van der Waals surface area contributed by atoms with E-state index in [1.807, 2.05) is 64.1 Å². The maximum atomic E-state index is 14.7. The van der Waals surface area contributed by atoms with Crippen LogP contribution in [0, 0.1) is 24.2 Å². The summed E-state index contributed by atoms with van der Waals surface area (Å²) in [5, 5.41) is 13.1. The summed E-state index contributed by atoms with van der Waals surface area (Å²) < 4.78 is 5.42. The second-order valence-electron chi connectivity index (χ2n) is 15.8. The normalized spacial score (nSPS) is 24.7. The third-order valence-corrected chi connectivity index (χ3v) is 11.0. The molecule has 4 amide bonds. The highest BCUT2D eigenvalue weighted by molar-refractivity contribution is 6.38. The number of ketones is 1. The van der Waals surface area contributed by atoms with E-state index in [0.29, 0.717) is 29.3 Å². The highest BCUT2D eigenvalue weighted by Gasteiger charge is 2.56. The van der Waals surface area contributed by atoms with E-state index in [-0.39, 0.29) is 43.0 Å². The van der Waals surface area contributed by atoms with E-state index in [0.717, 1.165) is 29.5 Å². The van der Waals surface area contributed by atoms with Gasteiger partial charge in [-0.05, 0) is 60.3 Å². The first-order valence-electron chi connectivity index (χ1n) is 18.0. The van der Waals surface area contributed by atoms with Crippen LogP contribution in [0.15, 0.2) is 47.6 Å². The standard InChI is InChI=1S/C39H48ClN5O7/c1-21-14-24(16-27(40)32(21)51-6)29-18-39(52-44-29)19-30(35(48)42-28(15-22-12-13-22)31(46)36(49)41-5)45(20-39)37(50)33(38(2,3)4)43-34(47)26-17-25(26)23-10-8-7-9-11-23/h7-11,14,16,22,25-26,28,30,33H,12-13,15,17-20H2,1-6H3,(H,41,49)(H,42,48)(H,43,47)/t25-,26+,28-,30-,33+,39+/m0/s1. The van der Waals surface area contributed by atoms with Gasteiger partial charge >= 0.3 is 0 Å². The molecule has 1 saturated heterocycles. The first-order valence-corrected chi connectivity index (χ1v) is 18.3. The predicted molar refractivity (Wildman–Crippen MR) is 195 cm³/mol. The van der Waals surface area contributed by atoms with Gasteiger partial charge < -0.3 is 30.4 Å². The lowest BCUT2D eigenvalue weighted by molar-refractivity contribution is -0.145. The quantitative estimate of drug-likeness (QED) is 0.278. The molecule has 13 heteroatoms. The molecule has 2 aliphatic carbocycles. The Hall–Kier alpha value is -4.45. The van der Waals surface area contributed by atoms with Crippen LogP contribution in [-0.2, 0) is 28.8 Å². The predicted octanol–water partition coefficient (Wildman–Crippen LogP) is 4.06. The van der Waals surface area contributed by atoms with Crippen molar-refractivity contribution in [3.63, 3.8) is 0 Å². The second kappa shape index (κ2) is 14.5. The molecule has 278 valence electrons. The molecule has 52 heavy (non-hydrogen) atoms. The van der Waals surface area contributed by atoms with Crippen LogP contribution in [0.1, 0.15) is 81.9 Å². The third-order valence-electron chi connectivity index (χ3n) is 10.7. The van der Waals surface area contributed by atoms with E-state index in [4.69, 9.17) is 21.2 Å². The third kappa shape index (κ3) is 7.82. The molecule has 12 nitrogen and oxygen atoms in total. The number of oxime groups is 1. The molecular weight excluding hydrogens is 686 g/mol. The van der Waals surface area contributed by atoms with Gasteiger partial charge in [0.1, 0.15) is 17.8 Å². The summed E-state index contributed by atoms with van der Waals surface area (Å²) in [4.78, 5) is 75.7. The topological polar surface area (TPSA) is 156 Å². The van der Waals surface area contributed by atoms with Crippen LogP contribution < -0.4 is 20.7 Å². The van der Waals surface area contributed by atoms with Gasteiger partial charge in [0.05, 0.1) is 30.4 Å². The monoisotopic (exact) mass is 733 g/mol. The van der Waals surface area contributed by atoms with Gasteiger partial charge in [-0.2, -0.15) is 0 Å². The molecule has 6 rings (SSSR count). The fourth-order valence-corrected chi connectivity index (χ4v) is 7.87. The van der Waals surface area contributed by atoms with Crippen molar-refractivity contribution in [3.05, 3.63) is 64.2 Å². The fraction of sp³-hybridized carbons (Fsp3) is 0.538. The summed E-state index contributed by atoms with van der Waals surface area (Å²) in [5.74, 6) is -2.17. The maximum absolute atomic E-state index is 14.7.